The fourth-order valence-electron chi connectivity index (χ4n) is 4.85. The lowest BCUT2D eigenvalue weighted by atomic mass is 9.98. The molecule has 1 unspecified atom stereocenters. The van der Waals surface area contributed by atoms with Crippen LogP contribution < -0.4 is 15.3 Å². The molecule has 0 aromatic carbocycles. The van der Waals surface area contributed by atoms with Crippen LogP contribution in [0.3, 0.4) is 0 Å². The Hall–Kier alpha value is -4.18. The second-order valence-electron chi connectivity index (χ2n) is 10.9. The van der Waals surface area contributed by atoms with Gasteiger partial charge in [0.1, 0.15) is 35.0 Å². The summed E-state index contributed by atoms with van der Waals surface area (Å²) in [5.74, 6) is 5.59. The van der Waals surface area contributed by atoms with E-state index in [4.69, 9.17) is 15.6 Å². The Morgan fingerprint density at radius 2 is 1.85 bits per heavy atom. The van der Waals surface area contributed by atoms with Gasteiger partial charge < -0.3 is 15.3 Å². The number of hydrogen-bond acceptors (Lipinski definition) is 9. The van der Waals surface area contributed by atoms with Crippen molar-refractivity contribution >= 4 is 17.1 Å². The maximum atomic E-state index is 12.7. The number of imidazole rings is 1. The summed E-state index contributed by atoms with van der Waals surface area (Å²) in [6.45, 7) is 12.0. The number of pyridine rings is 2. The maximum Gasteiger partial charge on any atom is 0.573 e. The van der Waals surface area contributed by atoms with E-state index in [0.29, 0.717) is 28.2 Å². The van der Waals surface area contributed by atoms with Crippen LogP contribution in [0.5, 0.6) is 11.6 Å². The van der Waals surface area contributed by atoms with Crippen LogP contribution >= 0.6 is 0 Å². The number of aromatic nitrogens is 3. The van der Waals surface area contributed by atoms with Crippen LogP contribution in [0.25, 0.3) is 5.65 Å². The number of piperidine rings is 1. The van der Waals surface area contributed by atoms with Crippen LogP contribution in [-0.2, 0) is 0 Å². The third-order valence-electron chi connectivity index (χ3n) is 6.96. The molecule has 218 valence electrons. The Bertz CT molecular complexity index is 1490. The van der Waals surface area contributed by atoms with Crippen molar-refractivity contribution in [1.82, 2.24) is 19.3 Å². The SMILES string of the molecule is CC(=NC1CCN(C(C)(C)C)CC1)/C(=N\N)c1cc(OC(C)c2cncc(OC(F)(F)F)c2)n2c(C#N)cnc2c1. The van der Waals surface area contributed by atoms with Gasteiger partial charge in [-0.3, -0.25) is 19.3 Å². The van der Waals surface area contributed by atoms with Gasteiger partial charge in [0.2, 0.25) is 5.88 Å². The van der Waals surface area contributed by atoms with Gasteiger partial charge in [-0.15, -0.1) is 13.2 Å². The second-order valence-corrected chi connectivity index (χ2v) is 10.9. The lowest BCUT2D eigenvalue weighted by Gasteiger charge is -2.40. The topological polar surface area (TPSA) is 126 Å². The van der Waals surface area contributed by atoms with Crippen molar-refractivity contribution in [2.24, 2.45) is 15.9 Å². The van der Waals surface area contributed by atoms with Gasteiger partial charge in [0.05, 0.1) is 24.1 Å². The van der Waals surface area contributed by atoms with Crippen molar-refractivity contribution in [2.75, 3.05) is 13.1 Å². The van der Waals surface area contributed by atoms with E-state index < -0.39 is 18.2 Å². The molecule has 0 aliphatic carbocycles. The first kappa shape index (κ1) is 29.8. The number of hydrazone groups is 1. The number of ether oxygens (including phenoxy) is 2. The molecule has 0 amide bonds. The van der Waals surface area contributed by atoms with Crippen molar-refractivity contribution in [3.05, 3.63) is 53.6 Å². The van der Waals surface area contributed by atoms with Crippen LogP contribution in [0.15, 0.2) is 46.9 Å². The molecule has 41 heavy (non-hydrogen) atoms. The molecule has 13 heteroatoms. The standard InChI is InChI=1S/C28H33F3N8O2/c1-17(36-21-6-8-38(9-7-21)27(3,4)5)26(37-33)19-11-24-35-15-22(13-32)39(24)25(12-19)40-18(2)20-10-23(16-34-14-20)41-28(29,30)31/h10-12,14-16,18,21H,6-9,33H2,1-5H3/b36-17?,37-26+. The summed E-state index contributed by atoms with van der Waals surface area (Å²) >= 11 is 0. The predicted octanol–water partition coefficient (Wildman–Crippen LogP) is 5.03. The summed E-state index contributed by atoms with van der Waals surface area (Å²) in [6.07, 6.45) is -0.0623. The number of aliphatic imine (C=N–C) groups is 1. The van der Waals surface area contributed by atoms with Crippen LogP contribution in [0.2, 0.25) is 0 Å². The van der Waals surface area contributed by atoms with Crippen molar-refractivity contribution < 1.29 is 22.6 Å². The fraction of sp³-hybridized carbons (Fsp3) is 0.464. The molecule has 4 heterocycles. The number of likely N-dealkylation sites (tertiary alicyclic amines) is 1. The number of nitriles is 1. The average molecular weight is 571 g/mol. The highest BCUT2D eigenvalue weighted by Gasteiger charge is 2.31. The molecule has 1 fully saturated rings. The van der Waals surface area contributed by atoms with Gasteiger partial charge in [0.15, 0.2) is 0 Å². The van der Waals surface area contributed by atoms with Gasteiger partial charge in [-0.2, -0.15) is 10.4 Å². The third-order valence-corrected chi connectivity index (χ3v) is 6.96. The summed E-state index contributed by atoms with van der Waals surface area (Å²) in [5, 5.41) is 13.7. The van der Waals surface area contributed by atoms with Gasteiger partial charge in [-0.1, -0.05) is 0 Å². The van der Waals surface area contributed by atoms with Crippen molar-refractivity contribution in [3.8, 4) is 17.7 Å². The van der Waals surface area contributed by atoms with Crippen molar-refractivity contribution in [1.29, 1.82) is 5.26 Å². The summed E-state index contributed by atoms with van der Waals surface area (Å²) in [6, 6.07) is 6.77. The molecule has 3 aromatic heterocycles. The fourth-order valence-corrected chi connectivity index (χ4v) is 4.85. The molecular weight excluding hydrogens is 537 g/mol. The van der Waals surface area contributed by atoms with Crippen molar-refractivity contribution in [2.45, 2.75) is 71.5 Å². The van der Waals surface area contributed by atoms with Gasteiger partial charge in [0.25, 0.3) is 0 Å². The Morgan fingerprint density at radius 1 is 1.15 bits per heavy atom. The number of rotatable bonds is 7. The summed E-state index contributed by atoms with van der Waals surface area (Å²) in [4.78, 5) is 15.5. The molecule has 0 radical (unpaired) electrons. The first-order valence-electron chi connectivity index (χ1n) is 13.2. The number of alkyl halides is 3. The first-order valence-corrected chi connectivity index (χ1v) is 13.2. The van der Waals surface area contributed by atoms with Gasteiger partial charge in [-0.05, 0) is 59.6 Å². The molecule has 2 N–H and O–H groups in total. The zero-order valence-electron chi connectivity index (χ0n) is 23.6. The van der Waals surface area contributed by atoms with Crippen LogP contribution in [-0.4, -0.2) is 61.7 Å². The molecule has 4 rings (SSSR count). The normalized spacial score (nSPS) is 17.0. The Kier molecular flexibility index (Phi) is 8.53. The van der Waals surface area contributed by atoms with E-state index in [9.17, 15) is 18.4 Å². The molecule has 0 saturated carbocycles. The minimum absolute atomic E-state index is 0.103. The molecule has 1 saturated heterocycles. The van der Waals surface area contributed by atoms with E-state index in [2.05, 4.69) is 51.5 Å². The molecule has 0 spiro atoms. The molecular formula is C28H33F3N8O2. The highest BCUT2D eigenvalue weighted by atomic mass is 19.4. The molecule has 0 bridgehead atoms. The lowest BCUT2D eigenvalue weighted by Crippen LogP contribution is -2.47. The number of nitrogens with two attached hydrogens (primary N) is 1. The molecule has 3 aromatic rings. The number of fused-ring (bicyclic) bond motifs is 1. The third kappa shape index (κ3) is 7.13. The smallest absolute Gasteiger partial charge is 0.471 e. The Balaban J connectivity index is 1.64. The van der Waals surface area contributed by atoms with Crippen LogP contribution in [0, 0.1) is 11.3 Å². The van der Waals surface area contributed by atoms with Gasteiger partial charge in [-0.25, -0.2) is 4.98 Å². The zero-order valence-corrected chi connectivity index (χ0v) is 23.6. The minimum Gasteiger partial charge on any atom is -0.471 e. The molecule has 10 nitrogen and oxygen atoms in total. The summed E-state index contributed by atoms with van der Waals surface area (Å²) in [5.41, 5.74) is 2.70. The van der Waals surface area contributed by atoms with Crippen LogP contribution in [0.1, 0.15) is 70.4 Å². The predicted molar refractivity (Wildman–Crippen MR) is 148 cm³/mol. The van der Waals surface area contributed by atoms with Crippen LogP contribution in [0.4, 0.5) is 13.2 Å². The molecule has 1 aliphatic heterocycles. The summed E-state index contributed by atoms with van der Waals surface area (Å²) < 4.78 is 49.8. The zero-order chi connectivity index (χ0) is 29.9. The minimum atomic E-state index is -4.86. The van der Waals surface area contributed by atoms with E-state index in [-0.39, 0.29) is 23.2 Å². The first-order chi connectivity index (χ1) is 19.3. The second kappa shape index (κ2) is 11.7. The van der Waals surface area contributed by atoms with E-state index in [1.807, 2.05) is 6.92 Å². The summed E-state index contributed by atoms with van der Waals surface area (Å²) in [7, 11) is 0. The van der Waals surface area contributed by atoms with Gasteiger partial charge >= 0.3 is 6.36 Å². The van der Waals surface area contributed by atoms with E-state index >= 15 is 0 Å². The Morgan fingerprint density at radius 3 is 2.46 bits per heavy atom. The number of nitrogens with zero attached hydrogens (tertiary/aromatic N) is 7. The Labute approximate surface area is 236 Å². The molecule has 1 aliphatic rings. The number of halogens is 3. The van der Waals surface area contributed by atoms with Crippen molar-refractivity contribution in [3.63, 3.8) is 0 Å². The number of hydrogen-bond donors (Lipinski definition) is 1. The van der Waals surface area contributed by atoms with E-state index in [1.165, 1.54) is 22.9 Å². The van der Waals surface area contributed by atoms with E-state index in [1.54, 1.807) is 19.1 Å². The average Bonchev–Trinajstić information content (AvgIpc) is 3.31. The van der Waals surface area contributed by atoms with E-state index in [0.717, 1.165) is 32.1 Å². The quantitative estimate of drug-likeness (QED) is 0.240. The largest absolute Gasteiger partial charge is 0.573 e. The highest BCUT2D eigenvalue weighted by molar-refractivity contribution is 6.47. The highest BCUT2D eigenvalue weighted by Crippen LogP contribution is 2.29. The van der Waals surface area contributed by atoms with Gasteiger partial charge in [0, 0.05) is 42.0 Å². The molecule has 1 atom stereocenters. The maximum absolute atomic E-state index is 12.7. The monoisotopic (exact) mass is 570 g/mol. The lowest BCUT2D eigenvalue weighted by molar-refractivity contribution is -0.274.